The predicted molar refractivity (Wildman–Crippen MR) is 71.1 cm³/mol. The molecule has 1 aliphatic rings. The highest BCUT2D eigenvalue weighted by Crippen LogP contribution is 2.34. The van der Waals surface area contributed by atoms with Gasteiger partial charge in [0.25, 0.3) is 5.91 Å². The van der Waals surface area contributed by atoms with Crippen molar-refractivity contribution in [3.8, 4) is 0 Å². The van der Waals surface area contributed by atoms with Gasteiger partial charge in [-0.3, -0.25) is 9.48 Å². The molecule has 1 aliphatic heterocycles. The van der Waals surface area contributed by atoms with Gasteiger partial charge in [-0.25, -0.2) is 0 Å². The Balaban J connectivity index is 2.13. The second-order valence-electron chi connectivity index (χ2n) is 6.17. The molecule has 1 unspecified atom stereocenters. The molecule has 0 spiro atoms. The molecule has 2 heterocycles. The van der Waals surface area contributed by atoms with Gasteiger partial charge in [-0.1, -0.05) is 20.8 Å². The van der Waals surface area contributed by atoms with Crippen LogP contribution in [0.4, 0.5) is 5.69 Å². The summed E-state index contributed by atoms with van der Waals surface area (Å²) in [5, 5.41) is 4.02. The zero-order valence-corrected chi connectivity index (χ0v) is 11.6. The van der Waals surface area contributed by atoms with Crippen molar-refractivity contribution in [1.82, 2.24) is 14.7 Å². The van der Waals surface area contributed by atoms with E-state index < -0.39 is 0 Å². The second kappa shape index (κ2) is 4.30. The van der Waals surface area contributed by atoms with Gasteiger partial charge in [0, 0.05) is 20.1 Å². The number of rotatable bonds is 1. The minimum Gasteiger partial charge on any atom is -0.396 e. The summed E-state index contributed by atoms with van der Waals surface area (Å²) in [7, 11) is 1.75. The van der Waals surface area contributed by atoms with Crippen LogP contribution in [-0.2, 0) is 7.05 Å². The average molecular weight is 250 g/mol. The summed E-state index contributed by atoms with van der Waals surface area (Å²) in [5.41, 5.74) is 7.01. The van der Waals surface area contributed by atoms with E-state index in [1.54, 1.807) is 11.7 Å². The number of nitrogen functional groups attached to an aromatic ring is 1. The van der Waals surface area contributed by atoms with Crippen molar-refractivity contribution in [3.05, 3.63) is 11.9 Å². The van der Waals surface area contributed by atoms with Crippen molar-refractivity contribution in [3.63, 3.8) is 0 Å². The molecule has 1 amide bonds. The minimum atomic E-state index is -0.000694. The van der Waals surface area contributed by atoms with Crippen LogP contribution in [0.15, 0.2) is 6.20 Å². The second-order valence-corrected chi connectivity index (χ2v) is 6.17. The van der Waals surface area contributed by atoms with Crippen molar-refractivity contribution in [1.29, 1.82) is 0 Å². The number of hydrogen-bond donors (Lipinski definition) is 1. The number of nitrogens with zero attached hydrogens (tertiary/aromatic N) is 3. The predicted octanol–water partition coefficient (Wildman–Crippen LogP) is 1.51. The molecular weight excluding hydrogens is 228 g/mol. The number of anilines is 1. The molecule has 0 aliphatic carbocycles. The highest BCUT2D eigenvalue weighted by Gasteiger charge is 2.35. The fraction of sp³-hybridized carbons (Fsp3) is 0.692. The summed E-state index contributed by atoms with van der Waals surface area (Å²) in [5.74, 6) is 0.551. The van der Waals surface area contributed by atoms with E-state index in [9.17, 15) is 4.79 Å². The third kappa shape index (κ3) is 2.21. The standard InChI is InChI=1S/C13H22N4O/c1-13(2,3)9-5-6-17(8-9)12(18)11-10(14)7-15-16(11)4/h7,9H,5-6,8,14H2,1-4H3. The monoisotopic (exact) mass is 250 g/mol. The number of likely N-dealkylation sites (tertiary alicyclic amines) is 1. The van der Waals surface area contributed by atoms with Crippen molar-refractivity contribution in [2.24, 2.45) is 18.4 Å². The Morgan fingerprint density at radius 3 is 2.61 bits per heavy atom. The van der Waals surface area contributed by atoms with Gasteiger partial charge in [0.1, 0.15) is 5.69 Å². The first kappa shape index (κ1) is 12.9. The molecule has 0 aromatic carbocycles. The van der Waals surface area contributed by atoms with E-state index in [0.717, 1.165) is 19.5 Å². The van der Waals surface area contributed by atoms with E-state index in [2.05, 4.69) is 25.9 Å². The number of hydrogen-bond acceptors (Lipinski definition) is 3. The Hall–Kier alpha value is -1.52. The molecular formula is C13H22N4O. The average Bonchev–Trinajstić information content (AvgIpc) is 2.84. The highest BCUT2D eigenvalue weighted by molar-refractivity contribution is 5.97. The number of nitrogens with two attached hydrogens (primary N) is 1. The number of aryl methyl sites for hydroxylation is 1. The molecule has 100 valence electrons. The van der Waals surface area contributed by atoms with Crippen LogP contribution >= 0.6 is 0 Å². The van der Waals surface area contributed by atoms with Gasteiger partial charge in [-0.05, 0) is 17.8 Å². The Morgan fingerprint density at radius 1 is 1.50 bits per heavy atom. The lowest BCUT2D eigenvalue weighted by molar-refractivity contribution is 0.0767. The zero-order chi connectivity index (χ0) is 13.5. The summed E-state index contributed by atoms with van der Waals surface area (Å²) >= 11 is 0. The van der Waals surface area contributed by atoms with Gasteiger partial charge in [0.2, 0.25) is 0 Å². The van der Waals surface area contributed by atoms with Crippen LogP contribution in [0.1, 0.15) is 37.7 Å². The van der Waals surface area contributed by atoms with E-state index in [1.165, 1.54) is 6.20 Å². The SMILES string of the molecule is Cn1ncc(N)c1C(=O)N1CCC(C(C)(C)C)C1. The van der Waals surface area contributed by atoms with Gasteiger partial charge in [0.05, 0.1) is 11.9 Å². The topological polar surface area (TPSA) is 64.2 Å². The molecule has 1 aromatic rings. The third-order valence-electron chi connectivity index (χ3n) is 3.87. The van der Waals surface area contributed by atoms with E-state index in [1.807, 2.05) is 4.90 Å². The van der Waals surface area contributed by atoms with Gasteiger partial charge in [-0.15, -0.1) is 0 Å². The Morgan fingerprint density at radius 2 is 2.17 bits per heavy atom. The van der Waals surface area contributed by atoms with Crippen LogP contribution in [0.2, 0.25) is 0 Å². The number of amides is 1. The lowest BCUT2D eigenvalue weighted by Gasteiger charge is -2.27. The molecule has 1 saturated heterocycles. The molecule has 1 aromatic heterocycles. The van der Waals surface area contributed by atoms with Crippen LogP contribution in [0.25, 0.3) is 0 Å². The van der Waals surface area contributed by atoms with Crippen LogP contribution in [0.3, 0.4) is 0 Å². The zero-order valence-electron chi connectivity index (χ0n) is 11.6. The lowest BCUT2D eigenvalue weighted by Crippen LogP contribution is -2.32. The molecule has 18 heavy (non-hydrogen) atoms. The summed E-state index contributed by atoms with van der Waals surface area (Å²) in [6.07, 6.45) is 2.59. The minimum absolute atomic E-state index is 0.000694. The van der Waals surface area contributed by atoms with Crippen molar-refractivity contribution >= 4 is 11.6 Å². The highest BCUT2D eigenvalue weighted by atomic mass is 16.2. The van der Waals surface area contributed by atoms with Crippen LogP contribution in [0, 0.1) is 11.3 Å². The van der Waals surface area contributed by atoms with E-state index in [-0.39, 0.29) is 11.3 Å². The van der Waals surface area contributed by atoms with E-state index in [4.69, 9.17) is 5.73 Å². The quantitative estimate of drug-likeness (QED) is 0.821. The Kier molecular flexibility index (Phi) is 3.09. The Bertz CT molecular complexity index is 439. The van der Waals surface area contributed by atoms with Crippen molar-refractivity contribution in [2.75, 3.05) is 18.8 Å². The normalized spacial score (nSPS) is 20.4. The Labute approximate surface area is 108 Å². The van der Waals surface area contributed by atoms with Crippen molar-refractivity contribution < 1.29 is 4.79 Å². The summed E-state index contributed by atoms with van der Waals surface area (Å²) in [6, 6.07) is 0. The first-order valence-corrected chi connectivity index (χ1v) is 6.37. The maximum atomic E-state index is 12.4. The summed E-state index contributed by atoms with van der Waals surface area (Å²) in [6.45, 7) is 8.30. The smallest absolute Gasteiger partial charge is 0.274 e. The van der Waals surface area contributed by atoms with Gasteiger partial charge < -0.3 is 10.6 Å². The third-order valence-corrected chi connectivity index (χ3v) is 3.87. The lowest BCUT2D eigenvalue weighted by atomic mass is 9.80. The van der Waals surface area contributed by atoms with Crippen molar-refractivity contribution in [2.45, 2.75) is 27.2 Å². The molecule has 2 N–H and O–H groups in total. The molecule has 0 saturated carbocycles. The molecule has 1 fully saturated rings. The summed E-state index contributed by atoms with van der Waals surface area (Å²) < 4.78 is 1.56. The van der Waals surface area contributed by atoms with E-state index >= 15 is 0 Å². The summed E-state index contributed by atoms with van der Waals surface area (Å²) in [4.78, 5) is 14.3. The van der Waals surface area contributed by atoms with Gasteiger partial charge >= 0.3 is 0 Å². The van der Waals surface area contributed by atoms with E-state index in [0.29, 0.717) is 17.3 Å². The molecule has 5 heteroatoms. The van der Waals surface area contributed by atoms with Crippen LogP contribution in [0.5, 0.6) is 0 Å². The maximum Gasteiger partial charge on any atom is 0.274 e. The largest absolute Gasteiger partial charge is 0.396 e. The molecule has 2 rings (SSSR count). The fourth-order valence-electron chi connectivity index (χ4n) is 2.52. The maximum absolute atomic E-state index is 12.4. The fourth-order valence-corrected chi connectivity index (χ4v) is 2.52. The molecule has 0 bridgehead atoms. The number of carbonyl (C=O) groups excluding carboxylic acids is 1. The number of aromatic nitrogens is 2. The first-order chi connectivity index (χ1) is 8.30. The first-order valence-electron chi connectivity index (χ1n) is 6.37. The number of carbonyl (C=O) groups is 1. The molecule has 0 radical (unpaired) electrons. The molecule has 1 atom stereocenters. The van der Waals surface area contributed by atoms with Gasteiger partial charge in [-0.2, -0.15) is 5.10 Å². The van der Waals surface area contributed by atoms with Crippen LogP contribution < -0.4 is 5.73 Å². The van der Waals surface area contributed by atoms with Gasteiger partial charge in [0.15, 0.2) is 0 Å². The van der Waals surface area contributed by atoms with Crippen LogP contribution in [-0.4, -0.2) is 33.7 Å². The molecule has 5 nitrogen and oxygen atoms in total.